The van der Waals surface area contributed by atoms with Gasteiger partial charge in [0.1, 0.15) is 5.69 Å². The molecule has 0 unspecified atom stereocenters. The van der Waals surface area contributed by atoms with E-state index in [4.69, 9.17) is 4.74 Å². The molecule has 0 fully saturated rings. The molecule has 1 aromatic rings. The summed E-state index contributed by atoms with van der Waals surface area (Å²) < 4.78 is 5.05. The molecule has 0 aliphatic rings. The second kappa shape index (κ2) is 6.80. The lowest BCUT2D eigenvalue weighted by Crippen LogP contribution is -2.39. The minimum Gasteiger partial charge on any atom is -0.480 e. The lowest BCUT2D eigenvalue weighted by molar-refractivity contribution is 0.141. The van der Waals surface area contributed by atoms with Crippen LogP contribution in [0.15, 0.2) is 18.3 Å². The molecular formula is C12H19N3O3. The Morgan fingerprint density at radius 3 is 2.94 bits per heavy atom. The summed E-state index contributed by atoms with van der Waals surface area (Å²) in [6, 6.07) is 3.13. The van der Waals surface area contributed by atoms with E-state index in [1.165, 1.54) is 12.0 Å². The number of nitrogens with zero attached hydrogens (tertiary/aromatic N) is 2. The van der Waals surface area contributed by atoms with Crippen LogP contribution >= 0.6 is 0 Å². The number of hydrogen-bond donors (Lipinski definition) is 2. The van der Waals surface area contributed by atoms with Crippen LogP contribution in [0.2, 0.25) is 0 Å². The van der Waals surface area contributed by atoms with E-state index in [9.17, 15) is 9.90 Å². The lowest BCUT2D eigenvalue weighted by Gasteiger charge is -2.23. The number of anilines is 1. The molecule has 0 aliphatic heterocycles. The summed E-state index contributed by atoms with van der Waals surface area (Å²) in [5.41, 5.74) is 0.508. The second-order valence-corrected chi connectivity index (χ2v) is 3.88. The van der Waals surface area contributed by atoms with Gasteiger partial charge < -0.3 is 20.1 Å². The number of nitrogens with one attached hydrogen (secondary N) is 1. The maximum Gasteiger partial charge on any atom is 0.322 e. The first-order chi connectivity index (χ1) is 8.58. The number of methoxy groups -OCH3 is 1. The Balaban J connectivity index is 2.73. The summed E-state index contributed by atoms with van der Waals surface area (Å²) in [5.74, 6) is 0.360. The van der Waals surface area contributed by atoms with Crippen molar-refractivity contribution < 1.29 is 14.6 Å². The monoisotopic (exact) mass is 253 g/mol. The normalized spacial score (nSPS) is 11.8. The zero-order chi connectivity index (χ0) is 13.5. The van der Waals surface area contributed by atoms with Crippen molar-refractivity contribution in [3.63, 3.8) is 0 Å². The number of urea groups is 1. The Morgan fingerprint density at radius 2 is 2.39 bits per heavy atom. The van der Waals surface area contributed by atoms with Crippen LogP contribution in [0.25, 0.3) is 0 Å². The number of carbonyl (C=O) groups excluding carboxylic acids is 1. The topological polar surface area (TPSA) is 74.7 Å². The van der Waals surface area contributed by atoms with Gasteiger partial charge in [-0.2, -0.15) is 0 Å². The quantitative estimate of drug-likeness (QED) is 0.830. The first kappa shape index (κ1) is 14.2. The van der Waals surface area contributed by atoms with Crippen LogP contribution in [0.5, 0.6) is 5.88 Å². The Labute approximate surface area is 107 Å². The van der Waals surface area contributed by atoms with Gasteiger partial charge in [-0.25, -0.2) is 9.78 Å². The number of aliphatic hydroxyl groups excluding tert-OH is 1. The van der Waals surface area contributed by atoms with Crippen molar-refractivity contribution in [1.82, 2.24) is 9.88 Å². The summed E-state index contributed by atoms with van der Waals surface area (Å²) in [5, 5.41) is 12.0. The Kier molecular flexibility index (Phi) is 5.38. The molecule has 2 amide bonds. The van der Waals surface area contributed by atoms with Crippen LogP contribution in [0.3, 0.4) is 0 Å². The third kappa shape index (κ3) is 3.89. The zero-order valence-corrected chi connectivity index (χ0v) is 10.9. The molecule has 1 aromatic heterocycles. The average Bonchev–Trinajstić information content (AvgIpc) is 2.36. The van der Waals surface area contributed by atoms with Gasteiger partial charge in [-0.3, -0.25) is 0 Å². The molecule has 0 saturated carbocycles. The number of aliphatic hydroxyl groups is 1. The first-order valence-corrected chi connectivity index (χ1v) is 5.81. The molecule has 0 saturated heterocycles. The van der Waals surface area contributed by atoms with E-state index >= 15 is 0 Å². The first-order valence-electron chi connectivity index (χ1n) is 5.81. The molecule has 0 bridgehead atoms. The average molecular weight is 253 g/mol. The number of pyridine rings is 1. The number of carbonyl (C=O) groups is 1. The van der Waals surface area contributed by atoms with E-state index in [1.807, 2.05) is 6.92 Å². The summed E-state index contributed by atoms with van der Waals surface area (Å²) in [7, 11) is 1.49. The molecule has 0 spiro atoms. The van der Waals surface area contributed by atoms with Crippen LogP contribution in [-0.2, 0) is 0 Å². The predicted octanol–water partition coefficient (Wildman–Crippen LogP) is 1.32. The van der Waals surface area contributed by atoms with Crippen LogP contribution in [0, 0.1) is 0 Å². The number of rotatable bonds is 5. The van der Waals surface area contributed by atoms with E-state index in [-0.39, 0.29) is 12.6 Å². The second-order valence-electron chi connectivity index (χ2n) is 3.88. The molecule has 1 rings (SSSR count). The minimum atomic E-state index is -0.563. The summed E-state index contributed by atoms with van der Waals surface area (Å²) in [4.78, 5) is 17.5. The fourth-order valence-corrected chi connectivity index (χ4v) is 1.52. The molecule has 18 heavy (non-hydrogen) atoms. The predicted molar refractivity (Wildman–Crippen MR) is 68.7 cm³/mol. The molecule has 2 N–H and O–H groups in total. The van der Waals surface area contributed by atoms with E-state index < -0.39 is 6.10 Å². The lowest BCUT2D eigenvalue weighted by atomic mass is 10.3. The van der Waals surface area contributed by atoms with Crippen molar-refractivity contribution in [2.75, 3.05) is 25.5 Å². The number of likely N-dealkylation sites (N-methyl/N-ethyl adjacent to an activating group) is 1. The van der Waals surface area contributed by atoms with Gasteiger partial charge >= 0.3 is 6.03 Å². The largest absolute Gasteiger partial charge is 0.480 e. The zero-order valence-electron chi connectivity index (χ0n) is 10.9. The number of amides is 2. The van der Waals surface area contributed by atoms with Crippen molar-refractivity contribution >= 4 is 11.7 Å². The van der Waals surface area contributed by atoms with Gasteiger partial charge in [-0.15, -0.1) is 0 Å². The standard InChI is InChI=1S/C12H19N3O3/c1-4-15(8-9(2)16)12(17)14-10-6-5-7-13-11(10)18-3/h5-7,9,16H,4,8H2,1-3H3,(H,14,17)/t9-/m1/s1. The van der Waals surface area contributed by atoms with Gasteiger partial charge in [0.15, 0.2) is 0 Å². The smallest absolute Gasteiger partial charge is 0.322 e. The number of ether oxygens (including phenoxy) is 1. The van der Waals surface area contributed by atoms with E-state index in [0.717, 1.165) is 0 Å². The van der Waals surface area contributed by atoms with E-state index in [0.29, 0.717) is 18.1 Å². The molecule has 0 radical (unpaired) electrons. The highest BCUT2D eigenvalue weighted by Crippen LogP contribution is 2.20. The number of hydrogen-bond acceptors (Lipinski definition) is 4. The summed E-state index contributed by atoms with van der Waals surface area (Å²) in [6.45, 7) is 4.28. The van der Waals surface area contributed by atoms with Gasteiger partial charge in [0.2, 0.25) is 5.88 Å². The van der Waals surface area contributed by atoms with Gasteiger partial charge in [0, 0.05) is 19.3 Å². The summed E-state index contributed by atoms with van der Waals surface area (Å²) >= 11 is 0. The van der Waals surface area contributed by atoms with Gasteiger partial charge in [-0.1, -0.05) is 0 Å². The fraction of sp³-hybridized carbons (Fsp3) is 0.500. The maximum atomic E-state index is 12.0. The van der Waals surface area contributed by atoms with Crippen molar-refractivity contribution in [3.8, 4) is 5.88 Å². The molecular weight excluding hydrogens is 234 g/mol. The third-order valence-electron chi connectivity index (χ3n) is 2.36. The van der Waals surface area contributed by atoms with Crippen LogP contribution in [0.4, 0.5) is 10.5 Å². The minimum absolute atomic E-state index is 0.283. The van der Waals surface area contributed by atoms with Crippen LogP contribution in [-0.4, -0.2) is 47.3 Å². The van der Waals surface area contributed by atoms with E-state index in [1.54, 1.807) is 25.3 Å². The highest BCUT2D eigenvalue weighted by molar-refractivity contribution is 5.90. The van der Waals surface area contributed by atoms with E-state index in [2.05, 4.69) is 10.3 Å². The fourth-order valence-electron chi connectivity index (χ4n) is 1.52. The maximum absolute atomic E-state index is 12.0. The molecule has 0 aliphatic carbocycles. The molecule has 100 valence electrons. The van der Waals surface area contributed by atoms with Gasteiger partial charge in [-0.05, 0) is 26.0 Å². The van der Waals surface area contributed by atoms with Crippen molar-refractivity contribution in [2.45, 2.75) is 20.0 Å². The molecule has 6 heteroatoms. The van der Waals surface area contributed by atoms with Crippen LogP contribution in [0.1, 0.15) is 13.8 Å². The Hall–Kier alpha value is -1.82. The van der Waals surface area contributed by atoms with Crippen molar-refractivity contribution in [2.24, 2.45) is 0 Å². The van der Waals surface area contributed by atoms with Crippen LogP contribution < -0.4 is 10.1 Å². The molecule has 0 aromatic carbocycles. The van der Waals surface area contributed by atoms with Gasteiger partial charge in [0.25, 0.3) is 0 Å². The highest BCUT2D eigenvalue weighted by atomic mass is 16.5. The number of aromatic nitrogens is 1. The SMILES string of the molecule is CCN(C[C@@H](C)O)C(=O)Nc1cccnc1OC. The van der Waals surface area contributed by atoms with Gasteiger partial charge in [0.05, 0.1) is 13.2 Å². The van der Waals surface area contributed by atoms with Crippen molar-refractivity contribution in [3.05, 3.63) is 18.3 Å². The molecule has 1 heterocycles. The summed E-state index contributed by atoms with van der Waals surface area (Å²) in [6.07, 6.45) is 1.02. The highest BCUT2D eigenvalue weighted by Gasteiger charge is 2.15. The van der Waals surface area contributed by atoms with Crippen molar-refractivity contribution in [1.29, 1.82) is 0 Å². The third-order valence-corrected chi connectivity index (χ3v) is 2.36. The molecule has 6 nitrogen and oxygen atoms in total. The Morgan fingerprint density at radius 1 is 1.67 bits per heavy atom. The molecule has 1 atom stereocenters. The Bertz CT molecular complexity index is 396.